The predicted molar refractivity (Wildman–Crippen MR) is 105 cm³/mol. The quantitative estimate of drug-likeness (QED) is 0.624. The van der Waals surface area contributed by atoms with Crippen LogP contribution in [0.15, 0.2) is 24.5 Å². The Kier molecular flexibility index (Phi) is 4.22. The van der Waals surface area contributed by atoms with Gasteiger partial charge in [0.25, 0.3) is 5.91 Å². The van der Waals surface area contributed by atoms with Crippen molar-refractivity contribution in [1.29, 1.82) is 0 Å². The van der Waals surface area contributed by atoms with Gasteiger partial charge in [-0.3, -0.25) is 9.78 Å². The maximum absolute atomic E-state index is 15.1. The van der Waals surface area contributed by atoms with Crippen molar-refractivity contribution in [3.05, 3.63) is 41.5 Å². The summed E-state index contributed by atoms with van der Waals surface area (Å²) in [4.78, 5) is 21.9. The average Bonchev–Trinajstić information content (AvgIpc) is 3.30. The zero-order chi connectivity index (χ0) is 19.3. The fourth-order valence-corrected chi connectivity index (χ4v) is 4.70. The van der Waals surface area contributed by atoms with Crippen LogP contribution in [0.1, 0.15) is 22.3 Å². The van der Waals surface area contributed by atoms with Crippen LogP contribution < -0.4 is 16.4 Å². The Hall–Kier alpha value is -2.62. The van der Waals surface area contributed by atoms with E-state index in [4.69, 9.17) is 10.5 Å². The Morgan fingerprint density at radius 3 is 3.14 bits per heavy atom. The molecule has 144 valence electrons. The third-order valence-electron chi connectivity index (χ3n) is 5.17. The Bertz CT molecular complexity index is 1050. The number of nitrogens with zero attached hydrogens (tertiary/aromatic N) is 2. The summed E-state index contributed by atoms with van der Waals surface area (Å²) in [5.41, 5.74) is 7.23. The highest BCUT2D eigenvalue weighted by atomic mass is 32.1. The summed E-state index contributed by atoms with van der Waals surface area (Å²) < 4.78 is 21.5. The molecule has 3 aromatic heterocycles. The summed E-state index contributed by atoms with van der Waals surface area (Å²) in [5, 5.41) is 6.87. The van der Waals surface area contributed by atoms with E-state index in [0.717, 1.165) is 15.0 Å². The SMILES string of the molecule is NC1COCCC1Nc1nc(-c2cc3ccncc3s2)c2c(c1F)CNC2=O. The van der Waals surface area contributed by atoms with E-state index >= 15 is 4.39 Å². The van der Waals surface area contributed by atoms with Gasteiger partial charge in [-0.1, -0.05) is 0 Å². The van der Waals surface area contributed by atoms with Crippen molar-refractivity contribution < 1.29 is 13.9 Å². The molecular weight excluding hydrogens is 381 g/mol. The highest BCUT2D eigenvalue weighted by Crippen LogP contribution is 2.38. The van der Waals surface area contributed by atoms with Gasteiger partial charge in [0.1, 0.15) is 0 Å². The number of nitrogens with two attached hydrogens (primary N) is 1. The molecule has 28 heavy (non-hydrogen) atoms. The van der Waals surface area contributed by atoms with Crippen LogP contribution in [0.4, 0.5) is 10.2 Å². The molecule has 0 aromatic carbocycles. The first-order valence-corrected chi connectivity index (χ1v) is 9.88. The van der Waals surface area contributed by atoms with E-state index in [0.29, 0.717) is 36.5 Å². The molecule has 2 aliphatic rings. The summed E-state index contributed by atoms with van der Waals surface area (Å²) in [6.07, 6.45) is 4.15. The third-order valence-corrected chi connectivity index (χ3v) is 6.26. The van der Waals surface area contributed by atoms with Gasteiger partial charge in [0.05, 0.1) is 27.4 Å². The van der Waals surface area contributed by atoms with Crippen LogP contribution in [-0.4, -0.2) is 41.2 Å². The fraction of sp³-hybridized carbons (Fsp3) is 0.316. The van der Waals surface area contributed by atoms with Gasteiger partial charge >= 0.3 is 0 Å². The van der Waals surface area contributed by atoms with E-state index in [-0.39, 0.29) is 30.4 Å². The maximum atomic E-state index is 15.1. The van der Waals surface area contributed by atoms with Crippen molar-refractivity contribution in [2.75, 3.05) is 18.5 Å². The molecule has 3 aromatic rings. The lowest BCUT2D eigenvalue weighted by Gasteiger charge is -2.30. The topological polar surface area (TPSA) is 102 Å². The van der Waals surface area contributed by atoms with Crippen LogP contribution >= 0.6 is 11.3 Å². The van der Waals surface area contributed by atoms with Gasteiger partial charge in [-0.05, 0) is 23.9 Å². The van der Waals surface area contributed by atoms with Crippen molar-refractivity contribution in [1.82, 2.24) is 15.3 Å². The molecule has 2 unspecified atom stereocenters. The van der Waals surface area contributed by atoms with Crippen LogP contribution in [0, 0.1) is 5.82 Å². The molecule has 0 radical (unpaired) electrons. The second-order valence-corrected chi connectivity index (χ2v) is 8.05. The number of nitrogens with one attached hydrogen (secondary N) is 2. The van der Waals surface area contributed by atoms with Gasteiger partial charge in [-0.15, -0.1) is 11.3 Å². The summed E-state index contributed by atoms with van der Waals surface area (Å²) in [5.74, 6) is -0.678. The number of amides is 1. The van der Waals surface area contributed by atoms with Gasteiger partial charge in [-0.2, -0.15) is 0 Å². The number of hydrogen-bond acceptors (Lipinski definition) is 7. The Morgan fingerprint density at radius 1 is 1.43 bits per heavy atom. The Labute approximate surface area is 164 Å². The molecule has 0 saturated carbocycles. The molecule has 5 heterocycles. The number of halogens is 1. The number of carbonyl (C=O) groups excluding carboxylic acids is 1. The number of carbonyl (C=O) groups is 1. The van der Waals surface area contributed by atoms with Crippen LogP contribution in [0.25, 0.3) is 20.7 Å². The molecule has 0 spiro atoms. The molecular formula is C19H18FN5O2S. The van der Waals surface area contributed by atoms with Gasteiger partial charge in [0.15, 0.2) is 11.6 Å². The van der Waals surface area contributed by atoms with Crippen LogP contribution in [0.3, 0.4) is 0 Å². The first-order valence-electron chi connectivity index (χ1n) is 9.06. The number of fused-ring (bicyclic) bond motifs is 2. The highest BCUT2D eigenvalue weighted by molar-refractivity contribution is 7.22. The van der Waals surface area contributed by atoms with E-state index in [1.807, 2.05) is 12.1 Å². The molecule has 9 heteroatoms. The Balaban J connectivity index is 1.63. The molecule has 0 aliphatic carbocycles. The predicted octanol–water partition coefficient (Wildman–Crippen LogP) is 2.27. The molecule has 1 fully saturated rings. The summed E-state index contributed by atoms with van der Waals surface area (Å²) in [7, 11) is 0. The minimum Gasteiger partial charge on any atom is -0.380 e. The maximum Gasteiger partial charge on any atom is 0.254 e. The number of pyridine rings is 2. The van der Waals surface area contributed by atoms with E-state index in [1.54, 1.807) is 12.4 Å². The lowest BCUT2D eigenvalue weighted by atomic mass is 10.0. The first kappa shape index (κ1) is 17.5. The number of ether oxygens (including phenoxy) is 1. The molecule has 4 N–H and O–H groups in total. The summed E-state index contributed by atoms with van der Waals surface area (Å²) >= 11 is 1.48. The lowest BCUT2D eigenvalue weighted by Crippen LogP contribution is -2.48. The van der Waals surface area contributed by atoms with Gasteiger partial charge in [0.2, 0.25) is 0 Å². The van der Waals surface area contributed by atoms with Crippen molar-refractivity contribution in [2.24, 2.45) is 5.73 Å². The van der Waals surface area contributed by atoms with Crippen molar-refractivity contribution in [3.8, 4) is 10.6 Å². The molecule has 1 saturated heterocycles. The fourth-order valence-electron chi connectivity index (χ4n) is 3.67. The second kappa shape index (κ2) is 6.77. The minimum atomic E-state index is -0.501. The van der Waals surface area contributed by atoms with Gasteiger partial charge in [0, 0.05) is 43.2 Å². The molecule has 0 bridgehead atoms. The van der Waals surface area contributed by atoms with Gasteiger partial charge < -0.3 is 21.1 Å². The standard InChI is InChI=1S/C19H18FN5O2S/c20-16-10-6-23-19(26)15(10)17(13-5-9-1-3-22-7-14(9)28-13)25-18(16)24-12-2-4-27-8-11(12)21/h1,3,5,7,11-12H,2,4,6,8,21H2,(H,23,26)(H,24,25). The largest absolute Gasteiger partial charge is 0.380 e. The summed E-state index contributed by atoms with van der Waals surface area (Å²) in [6, 6.07) is 3.47. The van der Waals surface area contributed by atoms with E-state index in [2.05, 4.69) is 20.6 Å². The average molecular weight is 399 g/mol. The number of rotatable bonds is 3. The number of thiophene rings is 1. The van der Waals surface area contributed by atoms with E-state index < -0.39 is 5.82 Å². The van der Waals surface area contributed by atoms with E-state index in [1.165, 1.54) is 11.3 Å². The monoisotopic (exact) mass is 399 g/mol. The zero-order valence-corrected chi connectivity index (χ0v) is 15.7. The molecule has 7 nitrogen and oxygen atoms in total. The minimum absolute atomic E-state index is 0.128. The first-order chi connectivity index (χ1) is 13.6. The third kappa shape index (κ3) is 2.83. The van der Waals surface area contributed by atoms with Crippen LogP contribution in [0.5, 0.6) is 0 Å². The van der Waals surface area contributed by atoms with E-state index in [9.17, 15) is 4.79 Å². The molecule has 2 atom stereocenters. The van der Waals surface area contributed by atoms with Crippen molar-refractivity contribution in [2.45, 2.75) is 25.0 Å². The van der Waals surface area contributed by atoms with Crippen LogP contribution in [-0.2, 0) is 11.3 Å². The second-order valence-electron chi connectivity index (χ2n) is 6.96. The number of aromatic nitrogens is 2. The Morgan fingerprint density at radius 2 is 2.32 bits per heavy atom. The smallest absolute Gasteiger partial charge is 0.254 e. The molecule has 1 amide bonds. The van der Waals surface area contributed by atoms with Crippen molar-refractivity contribution >= 4 is 33.1 Å². The normalized spacial score (nSPS) is 21.6. The molecule has 5 rings (SSSR count). The zero-order valence-electron chi connectivity index (χ0n) is 14.9. The van der Waals surface area contributed by atoms with Gasteiger partial charge in [-0.25, -0.2) is 9.37 Å². The number of hydrogen-bond donors (Lipinski definition) is 3. The molecule has 2 aliphatic heterocycles. The summed E-state index contributed by atoms with van der Waals surface area (Å²) in [6.45, 7) is 1.13. The lowest BCUT2D eigenvalue weighted by molar-refractivity contribution is 0.0751. The van der Waals surface area contributed by atoms with Crippen molar-refractivity contribution in [3.63, 3.8) is 0 Å². The highest BCUT2D eigenvalue weighted by Gasteiger charge is 2.32. The van der Waals surface area contributed by atoms with Crippen LogP contribution in [0.2, 0.25) is 0 Å². The number of anilines is 1.